The van der Waals surface area contributed by atoms with Gasteiger partial charge in [0, 0.05) is 0 Å². The Morgan fingerprint density at radius 2 is 1.80 bits per heavy atom. The molecule has 16 heteroatoms. The summed E-state index contributed by atoms with van der Waals surface area (Å²) in [7, 11) is -4.34. The first kappa shape index (κ1) is 32.8. The molecular weight excluding hydrogens is 627 g/mol. The van der Waals surface area contributed by atoms with Crippen LogP contribution in [0.25, 0.3) is 11.2 Å². The maximum Gasteiger partial charge on any atom is 0.459 e. The fourth-order valence-corrected chi connectivity index (χ4v) is 6.56. The molecule has 14 nitrogen and oxygen atoms in total. The van der Waals surface area contributed by atoms with Crippen LogP contribution in [0.1, 0.15) is 32.1 Å². The molecule has 2 aromatic heterocycles. The van der Waals surface area contributed by atoms with Gasteiger partial charge in [-0.3, -0.25) is 13.9 Å². The smallest absolute Gasteiger partial charge is 0.459 e. The van der Waals surface area contributed by atoms with Gasteiger partial charge in [-0.2, -0.15) is 5.09 Å². The maximum atomic E-state index is 14.2. The normalized spacial score (nSPS) is 21.9. The van der Waals surface area contributed by atoms with Gasteiger partial charge in [0.15, 0.2) is 23.2 Å². The van der Waals surface area contributed by atoms with E-state index in [4.69, 9.17) is 35.9 Å². The van der Waals surface area contributed by atoms with E-state index in [0.29, 0.717) is 0 Å². The number of anilines is 1. The highest BCUT2D eigenvalue weighted by atomic mass is 35.5. The molecule has 0 aliphatic carbocycles. The van der Waals surface area contributed by atoms with Crippen LogP contribution in [0.15, 0.2) is 67.0 Å². The van der Waals surface area contributed by atoms with Gasteiger partial charge in [-0.25, -0.2) is 19.5 Å². The van der Waals surface area contributed by atoms with Crippen molar-refractivity contribution < 1.29 is 38.1 Å². The van der Waals surface area contributed by atoms with Gasteiger partial charge in [0.05, 0.1) is 6.61 Å². The number of rotatable bonds is 13. The van der Waals surface area contributed by atoms with Gasteiger partial charge >= 0.3 is 13.7 Å². The lowest BCUT2D eigenvalue weighted by molar-refractivity contribution is -0.147. The van der Waals surface area contributed by atoms with Crippen LogP contribution >= 0.6 is 19.3 Å². The number of hydrogen-bond donors (Lipinski definition) is 4. The van der Waals surface area contributed by atoms with Crippen LogP contribution in [-0.2, 0) is 30.0 Å². The summed E-state index contributed by atoms with van der Waals surface area (Å²) < 4.78 is 38.5. The fraction of sp³-hybridized carbons (Fsp3) is 0.379. The van der Waals surface area contributed by atoms with Crippen molar-refractivity contribution in [3.8, 4) is 5.75 Å². The Hall–Kier alpha value is -3.62. The predicted molar refractivity (Wildman–Crippen MR) is 164 cm³/mol. The van der Waals surface area contributed by atoms with E-state index in [9.17, 15) is 19.6 Å². The minimum absolute atomic E-state index is 0.000409. The molecule has 4 aromatic rings. The molecule has 1 aliphatic heterocycles. The number of nitrogen functional groups attached to an aromatic ring is 1. The summed E-state index contributed by atoms with van der Waals surface area (Å²) in [6.07, 6.45) is -4.01. The summed E-state index contributed by atoms with van der Waals surface area (Å²) in [6.45, 7) is 3.30. The third-order valence-electron chi connectivity index (χ3n) is 6.96. The third kappa shape index (κ3) is 7.79. The number of aromatic nitrogens is 4. The molecular formula is C29H34ClN6O8P. The Kier molecular flexibility index (Phi) is 10.3. The molecule has 0 amide bonds. The molecule has 240 valence electrons. The highest BCUT2D eigenvalue weighted by Gasteiger charge is 2.47. The Morgan fingerprint density at radius 3 is 2.49 bits per heavy atom. The van der Waals surface area contributed by atoms with E-state index >= 15 is 0 Å². The number of nitrogens with two attached hydrogens (primary N) is 1. The van der Waals surface area contributed by atoms with Gasteiger partial charge < -0.3 is 29.9 Å². The summed E-state index contributed by atoms with van der Waals surface area (Å²) in [5.74, 6) is -0.380. The van der Waals surface area contributed by atoms with E-state index in [1.54, 1.807) is 30.3 Å². The van der Waals surface area contributed by atoms with Crippen LogP contribution in [0.5, 0.6) is 5.75 Å². The lowest BCUT2D eigenvalue weighted by atomic mass is 10.1. The molecule has 0 radical (unpaired) electrons. The highest BCUT2D eigenvalue weighted by molar-refractivity contribution is 7.52. The number of aliphatic hydroxyl groups is 2. The van der Waals surface area contributed by atoms with Crippen molar-refractivity contribution in [2.45, 2.75) is 57.5 Å². The number of imidazole rings is 1. The van der Waals surface area contributed by atoms with Gasteiger partial charge in [-0.05, 0) is 41.6 Å². The number of carbonyl (C=O) groups excluding carboxylic acids is 1. The van der Waals surface area contributed by atoms with Gasteiger partial charge in [0.1, 0.15) is 43.0 Å². The van der Waals surface area contributed by atoms with Crippen molar-refractivity contribution in [2.24, 2.45) is 5.92 Å². The Morgan fingerprint density at radius 1 is 1.11 bits per heavy atom. The summed E-state index contributed by atoms with van der Waals surface area (Å²) in [4.78, 5) is 25.4. The first-order valence-corrected chi connectivity index (χ1v) is 16.1. The molecule has 1 fully saturated rings. The van der Waals surface area contributed by atoms with Crippen molar-refractivity contribution >= 4 is 42.3 Å². The van der Waals surface area contributed by atoms with Crippen molar-refractivity contribution in [3.63, 3.8) is 0 Å². The summed E-state index contributed by atoms with van der Waals surface area (Å²) >= 11 is 6.32. The molecule has 0 saturated carbocycles. The number of aliphatic hydroxyl groups excluding tert-OH is 2. The second-order valence-electron chi connectivity index (χ2n) is 10.8. The van der Waals surface area contributed by atoms with Crippen LogP contribution in [0.2, 0.25) is 5.28 Å². The molecule has 1 aliphatic rings. The Bertz CT molecular complexity index is 1650. The first-order valence-electron chi connectivity index (χ1n) is 14.2. The average molecular weight is 661 g/mol. The van der Waals surface area contributed by atoms with E-state index < -0.39 is 50.9 Å². The zero-order valence-corrected chi connectivity index (χ0v) is 26.1. The summed E-state index contributed by atoms with van der Waals surface area (Å²) in [5.41, 5.74) is 7.03. The van der Waals surface area contributed by atoms with Crippen molar-refractivity contribution in [2.75, 3.05) is 12.3 Å². The Labute approximate surface area is 264 Å². The van der Waals surface area contributed by atoms with E-state index in [0.717, 1.165) is 5.56 Å². The largest absolute Gasteiger partial charge is 0.460 e. The summed E-state index contributed by atoms with van der Waals surface area (Å²) in [5, 5.41) is 24.4. The molecule has 6 atom stereocenters. The molecule has 0 bridgehead atoms. The minimum atomic E-state index is -4.34. The number of fused-ring (bicyclic) bond motifs is 1. The van der Waals surface area contributed by atoms with Crippen LogP contribution in [-0.4, -0.2) is 66.7 Å². The zero-order valence-electron chi connectivity index (χ0n) is 24.5. The van der Waals surface area contributed by atoms with Gasteiger partial charge in [0.25, 0.3) is 0 Å². The Balaban J connectivity index is 1.35. The van der Waals surface area contributed by atoms with Crippen molar-refractivity contribution in [3.05, 3.63) is 77.8 Å². The molecule has 5 rings (SSSR count). The van der Waals surface area contributed by atoms with Crippen LogP contribution in [0.3, 0.4) is 0 Å². The molecule has 3 heterocycles. The molecule has 0 spiro atoms. The highest BCUT2D eigenvalue weighted by Crippen LogP contribution is 2.46. The number of hydrogen-bond acceptors (Lipinski definition) is 12. The topological polar surface area (TPSA) is 193 Å². The van der Waals surface area contributed by atoms with Crippen molar-refractivity contribution in [1.82, 2.24) is 24.6 Å². The van der Waals surface area contributed by atoms with E-state index in [-0.39, 0.29) is 47.0 Å². The standard InChI is InChI=1S/C29H34ClN6O8P/c1-17(2)13-20(28(39)41-14-18-9-5-3-6-10-18)35-45(40,44-19-11-7-4-8-12-19)42-15-21-23(37)24(38)27(43-21)36-26-22(34-29(36)30)25(31)32-16-33-26/h3-12,16-17,20-21,23-24,27,37-38H,13-15H2,1-2H3,(H,35,40)(H2,31,32,33)/t20-,21+,23?,24-,27+,45?/m0/s1. The number of para-hydroxylation sites is 1. The zero-order chi connectivity index (χ0) is 32.1. The number of esters is 1. The molecule has 45 heavy (non-hydrogen) atoms. The first-order chi connectivity index (χ1) is 21.5. The molecule has 2 aromatic carbocycles. The van der Waals surface area contributed by atoms with Gasteiger partial charge in [0.2, 0.25) is 5.28 Å². The van der Waals surface area contributed by atoms with Crippen LogP contribution in [0, 0.1) is 5.92 Å². The van der Waals surface area contributed by atoms with Gasteiger partial charge in [-0.15, -0.1) is 0 Å². The lowest BCUT2D eigenvalue weighted by Crippen LogP contribution is -2.40. The maximum absolute atomic E-state index is 14.2. The van der Waals surface area contributed by atoms with E-state index in [1.165, 1.54) is 10.9 Å². The van der Waals surface area contributed by atoms with Gasteiger partial charge in [-0.1, -0.05) is 62.4 Å². The van der Waals surface area contributed by atoms with Crippen LogP contribution in [0.4, 0.5) is 5.82 Å². The minimum Gasteiger partial charge on any atom is -0.460 e. The number of carbonyl (C=O) groups is 1. The third-order valence-corrected chi connectivity index (χ3v) is 8.80. The molecule has 5 N–H and O–H groups in total. The SMILES string of the molecule is CC(C)C[C@H](NP(=O)(OC[C@H]1O[C@@H](n2c(Cl)nc3c(N)ncnc32)[C@@H](O)C1O)Oc1ccccc1)C(=O)OCc1ccccc1. The number of nitrogens with zero attached hydrogens (tertiary/aromatic N) is 4. The molecule has 2 unspecified atom stereocenters. The summed E-state index contributed by atoms with van der Waals surface area (Å²) in [6, 6.07) is 16.3. The average Bonchev–Trinajstić information content (AvgIpc) is 3.50. The number of benzene rings is 2. The second kappa shape index (κ2) is 14.2. The predicted octanol–water partition coefficient (Wildman–Crippen LogP) is 3.63. The van der Waals surface area contributed by atoms with Crippen molar-refractivity contribution in [1.29, 1.82) is 0 Å². The van der Waals surface area contributed by atoms with Crippen LogP contribution < -0.4 is 15.3 Å². The monoisotopic (exact) mass is 660 g/mol. The number of ether oxygens (including phenoxy) is 2. The quantitative estimate of drug-likeness (QED) is 0.0923. The number of nitrogens with one attached hydrogen (secondary N) is 1. The second-order valence-corrected chi connectivity index (χ2v) is 12.9. The molecule has 1 saturated heterocycles. The van der Waals surface area contributed by atoms with E-state index in [2.05, 4.69) is 20.0 Å². The fourth-order valence-electron chi connectivity index (χ4n) is 4.78. The lowest BCUT2D eigenvalue weighted by Gasteiger charge is -2.26. The number of halogens is 1. The van der Waals surface area contributed by atoms with E-state index in [1.807, 2.05) is 44.2 Å².